The zero-order valence-corrected chi connectivity index (χ0v) is 13.1. The summed E-state index contributed by atoms with van der Waals surface area (Å²) in [6, 6.07) is 0. The largest absolute Gasteiger partial charge is 0.334 e. The molecule has 1 rings (SSSR count). The summed E-state index contributed by atoms with van der Waals surface area (Å²) in [6.07, 6.45) is 5.42. The molecule has 94 valence electrons. The molecule has 0 aromatic carbocycles. The molecule has 1 fully saturated rings. The third-order valence-electron chi connectivity index (χ3n) is 3.52. The van der Waals surface area contributed by atoms with E-state index in [9.17, 15) is 9.36 Å². The Bertz CT molecular complexity index is 272. The smallest absolute Gasteiger partial charge is 0.198 e. The Balaban J connectivity index is 2.42. The topological polar surface area (TPSA) is 43.4 Å². The molecule has 0 radical (unpaired) electrons. The minimum Gasteiger partial charge on any atom is -0.334 e. The van der Waals surface area contributed by atoms with Crippen LogP contribution in [0.25, 0.3) is 0 Å². The normalized spacial score (nSPS) is 32.3. The van der Waals surface area contributed by atoms with Crippen molar-refractivity contribution in [2.75, 3.05) is 13.3 Å². The highest BCUT2D eigenvalue weighted by atomic mass is 127. The lowest BCUT2D eigenvalue weighted by Gasteiger charge is -2.34. The lowest BCUT2D eigenvalue weighted by Crippen LogP contribution is -2.31. The summed E-state index contributed by atoms with van der Waals surface area (Å²) in [5, 5.41) is 0. The molecular weight excluding hydrogens is 338 g/mol. The van der Waals surface area contributed by atoms with Crippen LogP contribution in [0, 0.1) is 5.92 Å². The molecule has 16 heavy (non-hydrogen) atoms. The van der Waals surface area contributed by atoms with Crippen molar-refractivity contribution in [2.45, 2.75) is 42.4 Å². The van der Waals surface area contributed by atoms with Crippen molar-refractivity contribution in [1.82, 2.24) is 0 Å². The number of alkyl halides is 1. The number of halogens is 1. The van der Waals surface area contributed by atoms with Crippen LogP contribution in [0.4, 0.5) is 0 Å². The molecule has 0 bridgehead atoms. The Morgan fingerprint density at radius 2 is 2.06 bits per heavy atom. The molecule has 5 heteroatoms. The summed E-state index contributed by atoms with van der Waals surface area (Å²) in [5.74, 6) is 0.263. The molecule has 0 saturated heterocycles. The van der Waals surface area contributed by atoms with Crippen molar-refractivity contribution in [3.63, 3.8) is 0 Å². The number of rotatable bonds is 5. The average molecular weight is 358 g/mol. The van der Waals surface area contributed by atoms with E-state index in [1.807, 2.05) is 0 Å². The first-order chi connectivity index (χ1) is 7.50. The van der Waals surface area contributed by atoms with Crippen LogP contribution >= 0.6 is 30.6 Å². The van der Waals surface area contributed by atoms with Crippen LogP contribution in [0.2, 0.25) is 0 Å². The van der Waals surface area contributed by atoms with E-state index in [2.05, 4.69) is 29.5 Å². The van der Waals surface area contributed by atoms with Crippen molar-refractivity contribution in [1.29, 1.82) is 0 Å². The van der Waals surface area contributed by atoms with Crippen LogP contribution in [0.3, 0.4) is 0 Å². The minimum absolute atomic E-state index is 0.124. The van der Waals surface area contributed by atoms with Gasteiger partial charge in [-0.15, -0.1) is 0 Å². The maximum absolute atomic E-state index is 11.8. The summed E-state index contributed by atoms with van der Waals surface area (Å²) >= 11 is 2.53. The standard InChI is InChI=1S/C11H20IO3P/c1-3-11(12)6-4-9(5-7-11)10(13)8-16(14)15-2/h9,16H,3-8H2,1-2H3. The fourth-order valence-electron chi connectivity index (χ4n) is 2.17. The number of Topliss-reactive ketones (excluding diaryl/α,β-unsaturated/α-hetero) is 1. The van der Waals surface area contributed by atoms with Gasteiger partial charge in [-0.3, -0.25) is 9.36 Å². The molecule has 1 aliphatic carbocycles. The molecule has 1 saturated carbocycles. The Hall–Kier alpha value is 0.590. The number of ketones is 1. The lowest BCUT2D eigenvalue weighted by molar-refractivity contribution is -0.121. The van der Waals surface area contributed by atoms with Gasteiger partial charge in [0.1, 0.15) is 5.78 Å². The van der Waals surface area contributed by atoms with E-state index in [4.69, 9.17) is 4.52 Å². The predicted octanol–water partition coefficient (Wildman–Crippen LogP) is 3.45. The van der Waals surface area contributed by atoms with E-state index in [1.54, 1.807) is 0 Å². The van der Waals surface area contributed by atoms with E-state index >= 15 is 0 Å². The summed E-state index contributed by atoms with van der Waals surface area (Å²) in [5.41, 5.74) is 0. The first-order valence-electron chi connectivity index (χ1n) is 5.79. The quantitative estimate of drug-likeness (QED) is 0.430. The van der Waals surface area contributed by atoms with Gasteiger partial charge in [-0.25, -0.2) is 0 Å². The van der Waals surface area contributed by atoms with Gasteiger partial charge < -0.3 is 4.52 Å². The molecule has 3 nitrogen and oxygen atoms in total. The highest BCUT2D eigenvalue weighted by molar-refractivity contribution is 14.1. The van der Waals surface area contributed by atoms with Gasteiger partial charge in [-0.05, 0) is 32.1 Å². The number of hydrogen-bond acceptors (Lipinski definition) is 3. The molecule has 0 aromatic heterocycles. The first kappa shape index (κ1) is 14.7. The summed E-state index contributed by atoms with van der Waals surface area (Å²) in [7, 11) is -0.707. The third-order valence-corrected chi connectivity index (χ3v) is 6.45. The molecule has 1 atom stereocenters. The highest BCUT2D eigenvalue weighted by Gasteiger charge is 2.34. The lowest BCUT2D eigenvalue weighted by atomic mass is 9.79. The first-order valence-corrected chi connectivity index (χ1v) is 8.39. The Morgan fingerprint density at radius 3 is 2.50 bits per heavy atom. The van der Waals surface area contributed by atoms with Gasteiger partial charge in [-0.1, -0.05) is 29.5 Å². The van der Waals surface area contributed by atoms with Gasteiger partial charge in [0, 0.05) is 16.4 Å². The van der Waals surface area contributed by atoms with Crippen molar-refractivity contribution in [3.8, 4) is 0 Å². The van der Waals surface area contributed by atoms with Crippen LogP contribution in [0.15, 0.2) is 0 Å². The molecule has 0 aromatic rings. The second-order valence-electron chi connectivity index (χ2n) is 4.50. The van der Waals surface area contributed by atoms with Crippen molar-refractivity contribution < 1.29 is 13.9 Å². The van der Waals surface area contributed by atoms with E-state index in [0.29, 0.717) is 3.42 Å². The average Bonchev–Trinajstić information content (AvgIpc) is 2.29. The van der Waals surface area contributed by atoms with E-state index in [0.717, 1.165) is 25.7 Å². The number of carbonyl (C=O) groups is 1. The molecule has 1 unspecified atom stereocenters. The second kappa shape index (κ2) is 6.50. The third kappa shape index (κ3) is 4.11. The van der Waals surface area contributed by atoms with E-state index in [1.165, 1.54) is 13.5 Å². The predicted molar refractivity (Wildman–Crippen MR) is 74.9 cm³/mol. The zero-order chi connectivity index (χ0) is 12.2. The molecule has 0 amide bonds. The fourth-order valence-corrected chi connectivity index (χ4v) is 3.51. The summed E-state index contributed by atoms with van der Waals surface area (Å²) < 4.78 is 16.3. The van der Waals surface area contributed by atoms with Crippen LogP contribution in [-0.2, 0) is 13.9 Å². The Kier molecular flexibility index (Phi) is 5.95. The monoisotopic (exact) mass is 358 g/mol. The van der Waals surface area contributed by atoms with Crippen LogP contribution in [-0.4, -0.2) is 22.5 Å². The van der Waals surface area contributed by atoms with Crippen LogP contribution in [0.1, 0.15) is 39.0 Å². The van der Waals surface area contributed by atoms with Crippen molar-refractivity contribution in [2.24, 2.45) is 5.92 Å². The molecule has 0 spiro atoms. The van der Waals surface area contributed by atoms with Gasteiger partial charge in [0.05, 0.1) is 6.16 Å². The van der Waals surface area contributed by atoms with Crippen molar-refractivity contribution >= 4 is 36.4 Å². The van der Waals surface area contributed by atoms with Gasteiger partial charge in [0.15, 0.2) is 8.03 Å². The molecule has 0 N–H and O–H groups in total. The molecule has 0 aliphatic heterocycles. The summed E-state index contributed by atoms with van der Waals surface area (Å²) in [4.78, 5) is 11.8. The maximum Gasteiger partial charge on any atom is 0.198 e. The Morgan fingerprint density at radius 1 is 1.50 bits per heavy atom. The second-order valence-corrected chi connectivity index (χ2v) is 8.29. The number of carbonyl (C=O) groups excluding carboxylic acids is 1. The number of hydrogen-bond donors (Lipinski definition) is 0. The van der Waals surface area contributed by atoms with E-state index in [-0.39, 0.29) is 17.9 Å². The minimum atomic E-state index is -2.11. The van der Waals surface area contributed by atoms with E-state index < -0.39 is 8.03 Å². The highest BCUT2D eigenvalue weighted by Crippen LogP contribution is 2.42. The zero-order valence-electron chi connectivity index (χ0n) is 9.92. The fraction of sp³-hybridized carbons (Fsp3) is 0.909. The Labute approximate surface area is 112 Å². The van der Waals surface area contributed by atoms with Gasteiger partial charge in [0.25, 0.3) is 0 Å². The summed E-state index contributed by atoms with van der Waals surface area (Å²) in [6.45, 7) is 2.21. The van der Waals surface area contributed by atoms with Crippen LogP contribution < -0.4 is 0 Å². The van der Waals surface area contributed by atoms with Crippen LogP contribution in [0.5, 0.6) is 0 Å². The SMILES string of the molecule is CCC1(I)CCC(C(=O)C[PH](=O)OC)CC1. The van der Waals surface area contributed by atoms with Gasteiger partial charge in [-0.2, -0.15) is 0 Å². The van der Waals surface area contributed by atoms with Crippen molar-refractivity contribution in [3.05, 3.63) is 0 Å². The maximum atomic E-state index is 11.8. The molecule has 1 aliphatic rings. The van der Waals surface area contributed by atoms with Gasteiger partial charge in [0.2, 0.25) is 0 Å². The van der Waals surface area contributed by atoms with Gasteiger partial charge >= 0.3 is 0 Å². The molecular formula is C11H20IO3P. The molecule has 0 heterocycles.